The van der Waals surface area contributed by atoms with E-state index in [0.29, 0.717) is 22.5 Å². The highest BCUT2D eigenvalue weighted by Crippen LogP contribution is 2.34. The fourth-order valence-corrected chi connectivity index (χ4v) is 4.23. The Kier molecular flexibility index (Phi) is 8.37. The van der Waals surface area contributed by atoms with E-state index < -0.39 is 0 Å². The molecule has 1 heterocycles. The molecule has 0 fully saturated rings. The molecule has 0 saturated heterocycles. The molecule has 0 aliphatic carbocycles. The van der Waals surface area contributed by atoms with Crippen molar-refractivity contribution in [1.29, 1.82) is 0 Å². The van der Waals surface area contributed by atoms with Crippen LogP contribution in [-0.2, 0) is 4.79 Å². The lowest BCUT2D eigenvalue weighted by Gasteiger charge is -2.13. The van der Waals surface area contributed by atoms with Crippen molar-refractivity contribution in [2.24, 2.45) is 0 Å². The van der Waals surface area contributed by atoms with Crippen molar-refractivity contribution in [2.45, 2.75) is 5.16 Å². The highest BCUT2D eigenvalue weighted by molar-refractivity contribution is 7.99. The third-order valence-electron chi connectivity index (χ3n) is 4.97. The monoisotopic (exact) mass is 520 g/mol. The first-order valence-electron chi connectivity index (χ1n) is 10.9. The molecule has 1 amide bonds. The molecule has 0 saturated carbocycles. The standard InChI is InChI=1S/C25H24N6O3S2/c1-33-20-14-13-17(15-21(20)34-2)23-28-30-25(31(23)19-11-7-4-8-12-19)36-16-22(32)27-29-24(35)26-18-9-5-3-6-10-18/h3-15H,16H2,1-2H3,(H,27,32)(H2,26,29,35). The molecule has 0 aliphatic rings. The zero-order chi connectivity index (χ0) is 25.3. The van der Waals surface area contributed by atoms with Crippen molar-refractivity contribution in [2.75, 3.05) is 25.3 Å². The van der Waals surface area contributed by atoms with E-state index in [9.17, 15) is 4.79 Å². The number of hydrogen-bond acceptors (Lipinski definition) is 7. The first-order chi connectivity index (χ1) is 17.6. The van der Waals surface area contributed by atoms with Crippen molar-refractivity contribution in [3.05, 3.63) is 78.9 Å². The van der Waals surface area contributed by atoms with Crippen LogP contribution < -0.4 is 25.6 Å². The Morgan fingerprint density at radius 3 is 2.31 bits per heavy atom. The summed E-state index contributed by atoms with van der Waals surface area (Å²) in [6, 6.07) is 24.7. The molecule has 4 aromatic rings. The number of amides is 1. The van der Waals surface area contributed by atoms with Crippen molar-refractivity contribution < 1.29 is 14.3 Å². The van der Waals surface area contributed by atoms with Crippen LogP contribution in [0.2, 0.25) is 0 Å². The molecule has 0 spiro atoms. The first kappa shape index (κ1) is 25.0. The van der Waals surface area contributed by atoms with Crippen LogP contribution in [0, 0.1) is 0 Å². The Morgan fingerprint density at radius 1 is 0.917 bits per heavy atom. The van der Waals surface area contributed by atoms with Gasteiger partial charge in [-0.15, -0.1) is 10.2 Å². The molecular weight excluding hydrogens is 496 g/mol. The molecule has 36 heavy (non-hydrogen) atoms. The Balaban J connectivity index is 1.48. The lowest BCUT2D eigenvalue weighted by molar-refractivity contribution is -0.119. The number of ether oxygens (including phenoxy) is 2. The number of aromatic nitrogens is 3. The van der Waals surface area contributed by atoms with Crippen molar-refractivity contribution in [1.82, 2.24) is 25.6 Å². The largest absolute Gasteiger partial charge is 0.493 e. The number of hydrazine groups is 1. The molecule has 3 aromatic carbocycles. The average molecular weight is 521 g/mol. The maximum Gasteiger partial charge on any atom is 0.248 e. The number of nitrogens with one attached hydrogen (secondary N) is 3. The molecule has 0 bridgehead atoms. The second-order valence-electron chi connectivity index (χ2n) is 7.33. The summed E-state index contributed by atoms with van der Waals surface area (Å²) in [6.45, 7) is 0. The zero-order valence-corrected chi connectivity index (χ0v) is 21.2. The maximum atomic E-state index is 12.5. The topological polar surface area (TPSA) is 102 Å². The SMILES string of the molecule is COc1ccc(-c2nnc(SCC(=O)NNC(=S)Nc3ccccc3)n2-c2ccccc2)cc1OC. The van der Waals surface area contributed by atoms with Gasteiger partial charge >= 0.3 is 0 Å². The molecule has 1 aromatic heterocycles. The summed E-state index contributed by atoms with van der Waals surface area (Å²) >= 11 is 6.48. The van der Waals surface area contributed by atoms with Crippen LogP contribution in [0.15, 0.2) is 84.0 Å². The van der Waals surface area contributed by atoms with E-state index in [1.165, 1.54) is 11.8 Å². The van der Waals surface area contributed by atoms with Gasteiger partial charge in [-0.1, -0.05) is 48.2 Å². The van der Waals surface area contributed by atoms with E-state index in [-0.39, 0.29) is 16.8 Å². The highest BCUT2D eigenvalue weighted by Gasteiger charge is 2.19. The average Bonchev–Trinajstić information content (AvgIpc) is 3.35. The van der Waals surface area contributed by atoms with Gasteiger partial charge in [-0.2, -0.15) is 0 Å². The van der Waals surface area contributed by atoms with E-state index in [0.717, 1.165) is 16.9 Å². The fraction of sp³-hybridized carbons (Fsp3) is 0.120. The molecule has 9 nitrogen and oxygen atoms in total. The van der Waals surface area contributed by atoms with Gasteiger partial charge in [0.1, 0.15) is 0 Å². The number of anilines is 1. The molecule has 0 atom stereocenters. The third kappa shape index (κ3) is 6.12. The minimum absolute atomic E-state index is 0.0951. The van der Waals surface area contributed by atoms with E-state index in [1.54, 1.807) is 14.2 Å². The summed E-state index contributed by atoms with van der Waals surface area (Å²) < 4.78 is 12.7. The van der Waals surface area contributed by atoms with E-state index >= 15 is 0 Å². The third-order valence-corrected chi connectivity index (χ3v) is 6.10. The highest BCUT2D eigenvalue weighted by atomic mass is 32.2. The van der Waals surface area contributed by atoms with Gasteiger partial charge in [0.2, 0.25) is 5.91 Å². The van der Waals surface area contributed by atoms with Crippen molar-refractivity contribution >= 4 is 40.7 Å². The molecule has 11 heteroatoms. The molecule has 0 aliphatic heterocycles. The van der Waals surface area contributed by atoms with Crippen LogP contribution in [0.3, 0.4) is 0 Å². The van der Waals surface area contributed by atoms with E-state index in [4.69, 9.17) is 21.7 Å². The van der Waals surface area contributed by atoms with Crippen LogP contribution in [-0.4, -0.2) is 45.8 Å². The summed E-state index contributed by atoms with van der Waals surface area (Å²) in [7, 11) is 3.17. The maximum absolute atomic E-state index is 12.5. The van der Waals surface area contributed by atoms with Gasteiger partial charge in [-0.25, -0.2) is 0 Å². The summed E-state index contributed by atoms with van der Waals surface area (Å²) in [5.41, 5.74) is 7.77. The lowest BCUT2D eigenvalue weighted by atomic mass is 10.2. The molecule has 184 valence electrons. The second kappa shape index (κ2) is 12.0. The van der Waals surface area contributed by atoms with Gasteiger partial charge in [0.05, 0.1) is 20.0 Å². The molecule has 0 unspecified atom stereocenters. The number of thioether (sulfide) groups is 1. The number of para-hydroxylation sites is 2. The van der Waals surface area contributed by atoms with Crippen molar-refractivity contribution in [3.63, 3.8) is 0 Å². The summed E-state index contributed by atoms with van der Waals surface area (Å²) in [4.78, 5) is 12.5. The Labute approximate surface area is 218 Å². The van der Waals surface area contributed by atoms with Crippen molar-refractivity contribution in [3.8, 4) is 28.6 Å². The van der Waals surface area contributed by atoms with Gasteiger partial charge in [0, 0.05) is 16.9 Å². The molecule has 4 rings (SSSR count). The number of benzene rings is 3. The Bertz CT molecular complexity index is 1330. The van der Waals surface area contributed by atoms with Gasteiger partial charge < -0.3 is 14.8 Å². The minimum atomic E-state index is -0.271. The Morgan fingerprint density at radius 2 is 1.61 bits per heavy atom. The quantitative estimate of drug-likeness (QED) is 0.180. The van der Waals surface area contributed by atoms with Crippen LogP contribution in [0.25, 0.3) is 17.1 Å². The van der Waals surface area contributed by atoms with Crippen LogP contribution >= 0.6 is 24.0 Å². The number of methoxy groups -OCH3 is 2. The smallest absolute Gasteiger partial charge is 0.248 e. The predicted molar refractivity (Wildman–Crippen MR) is 145 cm³/mol. The Hall–Kier alpha value is -4.09. The van der Waals surface area contributed by atoms with Crippen LogP contribution in [0.5, 0.6) is 11.5 Å². The summed E-state index contributed by atoms with van der Waals surface area (Å²) in [5, 5.41) is 12.6. The van der Waals surface area contributed by atoms with E-state index in [1.807, 2.05) is 83.4 Å². The number of carbonyl (C=O) groups is 1. The van der Waals surface area contributed by atoms with Gasteiger partial charge in [0.15, 0.2) is 27.6 Å². The molecule has 3 N–H and O–H groups in total. The van der Waals surface area contributed by atoms with Gasteiger partial charge in [-0.05, 0) is 54.7 Å². The first-order valence-corrected chi connectivity index (χ1v) is 12.3. The summed E-state index contributed by atoms with van der Waals surface area (Å²) in [5.74, 6) is 1.63. The normalized spacial score (nSPS) is 10.4. The predicted octanol–water partition coefficient (Wildman–Crippen LogP) is 4.06. The number of thiocarbonyl (C=S) groups is 1. The van der Waals surface area contributed by atoms with Gasteiger partial charge in [-0.3, -0.25) is 20.2 Å². The summed E-state index contributed by atoms with van der Waals surface area (Å²) in [6.07, 6.45) is 0. The van der Waals surface area contributed by atoms with Gasteiger partial charge in [0.25, 0.3) is 0 Å². The number of hydrogen-bond donors (Lipinski definition) is 3. The zero-order valence-electron chi connectivity index (χ0n) is 19.6. The van der Waals surface area contributed by atoms with Crippen LogP contribution in [0.4, 0.5) is 5.69 Å². The number of rotatable bonds is 8. The number of nitrogens with zero attached hydrogens (tertiary/aromatic N) is 3. The number of carbonyl (C=O) groups excluding carboxylic acids is 1. The lowest BCUT2D eigenvalue weighted by Crippen LogP contribution is -2.44. The minimum Gasteiger partial charge on any atom is -0.493 e. The van der Waals surface area contributed by atoms with E-state index in [2.05, 4.69) is 26.4 Å². The fourth-order valence-electron chi connectivity index (χ4n) is 3.31. The molecular formula is C25H24N6O3S2. The second-order valence-corrected chi connectivity index (χ2v) is 8.68. The molecule has 0 radical (unpaired) electrons. The van der Waals surface area contributed by atoms with Crippen LogP contribution in [0.1, 0.15) is 0 Å².